The average Bonchev–Trinajstić information content (AvgIpc) is 2.28. The average molecular weight is 254 g/mol. The minimum Gasteiger partial charge on any atom is -0.392 e. The Bertz CT molecular complexity index is 388. The van der Waals surface area contributed by atoms with Crippen molar-refractivity contribution in [1.29, 1.82) is 0 Å². The predicted molar refractivity (Wildman–Crippen MR) is 56.7 cm³/mol. The van der Waals surface area contributed by atoms with Gasteiger partial charge in [0.05, 0.1) is 11.8 Å². The number of rotatable bonds is 2. The SMILES string of the molecule is CCC1C(=O)OC(=O)C2C(=O)OC(=O)C(CC)C12. The zero-order valence-corrected chi connectivity index (χ0v) is 10.2. The second-order valence-corrected chi connectivity index (χ2v) is 4.56. The van der Waals surface area contributed by atoms with Gasteiger partial charge in [0, 0.05) is 5.92 Å². The Morgan fingerprint density at radius 3 is 1.50 bits per heavy atom. The molecule has 2 unspecified atom stereocenters. The summed E-state index contributed by atoms with van der Waals surface area (Å²) in [5.74, 6) is -6.06. The van der Waals surface area contributed by atoms with Crippen LogP contribution in [0.3, 0.4) is 0 Å². The van der Waals surface area contributed by atoms with Gasteiger partial charge < -0.3 is 9.47 Å². The van der Waals surface area contributed by atoms with Gasteiger partial charge in [-0.1, -0.05) is 13.8 Å². The van der Waals surface area contributed by atoms with E-state index in [0.29, 0.717) is 12.8 Å². The van der Waals surface area contributed by atoms with Crippen molar-refractivity contribution >= 4 is 23.9 Å². The van der Waals surface area contributed by atoms with Gasteiger partial charge in [-0.25, -0.2) is 0 Å². The van der Waals surface area contributed by atoms with E-state index in [9.17, 15) is 19.2 Å². The molecule has 6 nitrogen and oxygen atoms in total. The van der Waals surface area contributed by atoms with Crippen molar-refractivity contribution in [3.63, 3.8) is 0 Å². The molecule has 2 aliphatic rings. The first kappa shape index (κ1) is 12.7. The molecule has 0 bridgehead atoms. The Hall–Kier alpha value is -1.72. The Balaban J connectivity index is 2.44. The molecule has 6 heteroatoms. The number of fused-ring (bicyclic) bond motifs is 1. The van der Waals surface area contributed by atoms with Crippen LogP contribution in [0.1, 0.15) is 26.7 Å². The monoisotopic (exact) mass is 254 g/mol. The molecule has 2 saturated heterocycles. The molecule has 2 aliphatic heterocycles. The van der Waals surface area contributed by atoms with Crippen molar-refractivity contribution in [2.24, 2.45) is 23.7 Å². The van der Waals surface area contributed by atoms with Crippen LogP contribution in [-0.4, -0.2) is 23.9 Å². The molecule has 0 aliphatic carbocycles. The Labute approximate surface area is 104 Å². The normalized spacial score (nSPS) is 35.9. The van der Waals surface area contributed by atoms with Crippen molar-refractivity contribution in [3.8, 4) is 0 Å². The summed E-state index contributed by atoms with van der Waals surface area (Å²) >= 11 is 0. The maximum atomic E-state index is 11.7. The topological polar surface area (TPSA) is 86.7 Å². The van der Waals surface area contributed by atoms with Crippen LogP contribution in [0.2, 0.25) is 0 Å². The maximum Gasteiger partial charge on any atom is 0.328 e. The summed E-state index contributed by atoms with van der Waals surface area (Å²) in [6.07, 6.45) is 0.842. The van der Waals surface area contributed by atoms with Gasteiger partial charge in [-0.3, -0.25) is 19.2 Å². The van der Waals surface area contributed by atoms with Crippen LogP contribution < -0.4 is 0 Å². The van der Waals surface area contributed by atoms with Crippen molar-refractivity contribution in [3.05, 3.63) is 0 Å². The van der Waals surface area contributed by atoms with Gasteiger partial charge in [0.1, 0.15) is 0 Å². The van der Waals surface area contributed by atoms with E-state index in [1.54, 1.807) is 13.8 Å². The van der Waals surface area contributed by atoms with Crippen LogP contribution in [0.5, 0.6) is 0 Å². The van der Waals surface area contributed by atoms with Crippen LogP contribution in [0, 0.1) is 23.7 Å². The van der Waals surface area contributed by atoms with E-state index in [1.807, 2.05) is 0 Å². The smallest absolute Gasteiger partial charge is 0.328 e. The predicted octanol–water partition coefficient (Wildman–Crippen LogP) is 0.438. The molecule has 0 amide bonds. The van der Waals surface area contributed by atoms with Crippen LogP contribution in [0.4, 0.5) is 0 Å². The fourth-order valence-corrected chi connectivity index (χ4v) is 2.82. The van der Waals surface area contributed by atoms with Gasteiger partial charge in [-0.15, -0.1) is 0 Å². The molecule has 2 fully saturated rings. The first-order valence-corrected chi connectivity index (χ1v) is 6.02. The van der Waals surface area contributed by atoms with Gasteiger partial charge >= 0.3 is 23.9 Å². The largest absolute Gasteiger partial charge is 0.392 e. The quantitative estimate of drug-likeness (QED) is 0.525. The highest BCUT2D eigenvalue weighted by atomic mass is 16.6. The number of hydrogen-bond acceptors (Lipinski definition) is 6. The Kier molecular flexibility index (Phi) is 3.19. The zero-order valence-electron chi connectivity index (χ0n) is 10.2. The van der Waals surface area contributed by atoms with E-state index < -0.39 is 47.5 Å². The lowest BCUT2D eigenvalue weighted by Gasteiger charge is -2.39. The lowest BCUT2D eigenvalue weighted by Crippen LogP contribution is -2.55. The minimum absolute atomic E-state index is 0.421. The van der Waals surface area contributed by atoms with E-state index in [-0.39, 0.29) is 0 Å². The second kappa shape index (κ2) is 4.51. The highest BCUT2D eigenvalue weighted by Crippen LogP contribution is 2.42. The van der Waals surface area contributed by atoms with E-state index in [0.717, 1.165) is 0 Å². The van der Waals surface area contributed by atoms with Crippen LogP contribution in [-0.2, 0) is 28.7 Å². The molecule has 0 aromatic heterocycles. The number of esters is 4. The van der Waals surface area contributed by atoms with Gasteiger partial charge in [0.25, 0.3) is 0 Å². The summed E-state index contributed by atoms with van der Waals surface area (Å²) in [7, 11) is 0. The summed E-state index contributed by atoms with van der Waals surface area (Å²) in [5, 5.41) is 0. The molecule has 0 aromatic carbocycles. The molecule has 18 heavy (non-hydrogen) atoms. The molecule has 2 atom stereocenters. The third-order valence-electron chi connectivity index (χ3n) is 3.71. The van der Waals surface area contributed by atoms with Crippen molar-refractivity contribution in [1.82, 2.24) is 0 Å². The number of carbonyl (C=O) groups excluding carboxylic acids is 4. The summed E-state index contributed by atoms with van der Waals surface area (Å²) in [6.45, 7) is 3.52. The summed E-state index contributed by atoms with van der Waals surface area (Å²) in [5.41, 5.74) is 0. The first-order valence-electron chi connectivity index (χ1n) is 6.02. The fourth-order valence-electron chi connectivity index (χ4n) is 2.82. The van der Waals surface area contributed by atoms with Gasteiger partial charge in [0.15, 0.2) is 5.92 Å². The number of hydrogen-bond donors (Lipinski definition) is 0. The zero-order chi connectivity index (χ0) is 13.4. The molecular weight excluding hydrogens is 240 g/mol. The van der Waals surface area contributed by atoms with E-state index in [1.165, 1.54) is 0 Å². The van der Waals surface area contributed by atoms with Crippen LogP contribution in [0.15, 0.2) is 0 Å². The molecule has 0 radical (unpaired) electrons. The van der Waals surface area contributed by atoms with E-state index >= 15 is 0 Å². The van der Waals surface area contributed by atoms with Crippen molar-refractivity contribution in [2.75, 3.05) is 0 Å². The standard InChI is InChI=1S/C12H14O6/c1-3-5-7-6(4-2)10(14)18-12(16)8(7)11(15)17-9(5)13/h5-8H,3-4H2,1-2H3. The fraction of sp³-hybridized carbons (Fsp3) is 0.667. The molecule has 2 rings (SSSR count). The maximum absolute atomic E-state index is 11.7. The molecule has 0 N–H and O–H groups in total. The second-order valence-electron chi connectivity index (χ2n) is 4.56. The molecule has 0 spiro atoms. The van der Waals surface area contributed by atoms with Gasteiger partial charge in [-0.2, -0.15) is 0 Å². The van der Waals surface area contributed by atoms with Crippen LogP contribution in [0.25, 0.3) is 0 Å². The molecule has 2 heterocycles. The highest BCUT2D eigenvalue weighted by Gasteiger charge is 2.57. The van der Waals surface area contributed by atoms with Crippen molar-refractivity contribution < 1.29 is 28.7 Å². The van der Waals surface area contributed by atoms with Crippen molar-refractivity contribution in [2.45, 2.75) is 26.7 Å². The summed E-state index contributed by atoms with van der Waals surface area (Å²) in [6, 6.07) is 0. The number of cyclic esters (lactones) is 4. The van der Waals surface area contributed by atoms with E-state index in [2.05, 4.69) is 9.47 Å². The third kappa shape index (κ3) is 1.72. The highest BCUT2D eigenvalue weighted by molar-refractivity contribution is 6.07. The molecular formula is C12H14O6. The first-order chi connectivity index (χ1) is 8.51. The lowest BCUT2D eigenvalue weighted by atomic mass is 9.68. The molecule has 0 saturated carbocycles. The Morgan fingerprint density at radius 2 is 1.17 bits per heavy atom. The van der Waals surface area contributed by atoms with Crippen LogP contribution >= 0.6 is 0 Å². The third-order valence-corrected chi connectivity index (χ3v) is 3.71. The summed E-state index contributed by atoms with van der Waals surface area (Å²) in [4.78, 5) is 46.6. The summed E-state index contributed by atoms with van der Waals surface area (Å²) < 4.78 is 9.14. The number of carbonyl (C=O) groups is 4. The van der Waals surface area contributed by atoms with Gasteiger partial charge in [-0.05, 0) is 12.8 Å². The lowest BCUT2D eigenvalue weighted by molar-refractivity contribution is -0.195. The number of ether oxygens (including phenoxy) is 2. The molecule has 0 aromatic rings. The minimum atomic E-state index is -1.14. The Morgan fingerprint density at radius 1 is 0.778 bits per heavy atom. The molecule has 98 valence electrons. The van der Waals surface area contributed by atoms with E-state index in [4.69, 9.17) is 0 Å². The van der Waals surface area contributed by atoms with Gasteiger partial charge in [0.2, 0.25) is 0 Å².